The largest absolute Gasteiger partial charge is 0.357 e. The van der Waals surface area contributed by atoms with Gasteiger partial charge in [-0.05, 0) is 52.3 Å². The lowest BCUT2D eigenvalue weighted by Gasteiger charge is -2.30. The van der Waals surface area contributed by atoms with Crippen molar-refractivity contribution in [2.75, 3.05) is 7.05 Å². The van der Waals surface area contributed by atoms with Crippen LogP contribution in [0.3, 0.4) is 0 Å². The number of nitrogens with zero attached hydrogens (tertiary/aromatic N) is 3. The Morgan fingerprint density at radius 1 is 1.21 bits per heavy atom. The molecule has 5 heteroatoms. The zero-order valence-electron chi connectivity index (χ0n) is 16.1. The highest BCUT2D eigenvalue weighted by Gasteiger charge is 2.20. The van der Waals surface area contributed by atoms with Gasteiger partial charge in [0.2, 0.25) is 5.92 Å². The van der Waals surface area contributed by atoms with Crippen LogP contribution in [0.4, 0.5) is 8.78 Å². The van der Waals surface area contributed by atoms with E-state index in [1.165, 1.54) is 6.42 Å². The lowest BCUT2D eigenvalue weighted by atomic mass is 10.0. The SMILES string of the molecule is C=NC(C)=N/C(=C/CCCC(C)(F)F)N(C)C(CCC)CCCC. The highest BCUT2D eigenvalue weighted by molar-refractivity contribution is 5.84. The highest BCUT2D eigenvalue weighted by Crippen LogP contribution is 2.22. The minimum absolute atomic E-state index is 0.100. The van der Waals surface area contributed by atoms with Gasteiger partial charge in [0.25, 0.3) is 0 Å². The van der Waals surface area contributed by atoms with E-state index < -0.39 is 5.92 Å². The van der Waals surface area contributed by atoms with Gasteiger partial charge in [0.15, 0.2) is 0 Å². The van der Waals surface area contributed by atoms with E-state index in [1.54, 1.807) is 6.92 Å². The second-order valence-corrected chi connectivity index (χ2v) is 6.54. The molecule has 24 heavy (non-hydrogen) atoms. The van der Waals surface area contributed by atoms with Crippen LogP contribution in [0.15, 0.2) is 21.9 Å². The fourth-order valence-corrected chi connectivity index (χ4v) is 2.60. The third-order valence-corrected chi connectivity index (χ3v) is 4.07. The predicted molar refractivity (Wildman–Crippen MR) is 101 cm³/mol. The van der Waals surface area contributed by atoms with Gasteiger partial charge in [0.05, 0.1) is 0 Å². The van der Waals surface area contributed by atoms with Crippen molar-refractivity contribution in [3.63, 3.8) is 0 Å². The van der Waals surface area contributed by atoms with Crippen molar-refractivity contribution < 1.29 is 8.78 Å². The molecule has 0 aliphatic carbocycles. The van der Waals surface area contributed by atoms with E-state index in [-0.39, 0.29) is 6.42 Å². The van der Waals surface area contributed by atoms with Crippen LogP contribution in [-0.4, -0.2) is 36.5 Å². The van der Waals surface area contributed by atoms with Crippen molar-refractivity contribution in [1.82, 2.24) is 4.90 Å². The maximum Gasteiger partial charge on any atom is 0.245 e. The quantitative estimate of drug-likeness (QED) is 0.240. The van der Waals surface area contributed by atoms with Gasteiger partial charge in [-0.1, -0.05) is 33.1 Å². The third kappa shape index (κ3) is 10.5. The number of rotatable bonds is 12. The van der Waals surface area contributed by atoms with Gasteiger partial charge >= 0.3 is 0 Å². The Labute approximate surface area is 147 Å². The molecule has 0 aromatic carbocycles. The normalized spacial score (nSPS) is 14.6. The van der Waals surface area contributed by atoms with Crippen molar-refractivity contribution >= 4 is 12.6 Å². The van der Waals surface area contributed by atoms with Crippen LogP contribution in [0, 0.1) is 0 Å². The fourth-order valence-electron chi connectivity index (χ4n) is 2.60. The van der Waals surface area contributed by atoms with E-state index >= 15 is 0 Å². The van der Waals surface area contributed by atoms with Crippen LogP contribution in [-0.2, 0) is 0 Å². The number of unbranched alkanes of at least 4 members (excludes halogenated alkanes) is 2. The van der Waals surface area contributed by atoms with E-state index in [1.807, 2.05) is 13.1 Å². The first-order chi connectivity index (χ1) is 11.2. The summed E-state index contributed by atoms with van der Waals surface area (Å²) in [7, 11) is 2.04. The van der Waals surface area contributed by atoms with E-state index in [0.29, 0.717) is 24.7 Å². The van der Waals surface area contributed by atoms with E-state index in [0.717, 1.165) is 38.4 Å². The minimum Gasteiger partial charge on any atom is -0.357 e. The molecule has 0 saturated carbocycles. The Hall–Kier alpha value is -1.26. The molecule has 0 aliphatic rings. The molecule has 0 aromatic rings. The van der Waals surface area contributed by atoms with Gasteiger partial charge in [-0.25, -0.2) is 18.8 Å². The molecule has 0 radical (unpaired) electrons. The average Bonchev–Trinajstić information content (AvgIpc) is 2.52. The van der Waals surface area contributed by atoms with Gasteiger partial charge < -0.3 is 4.90 Å². The molecule has 3 nitrogen and oxygen atoms in total. The molecular weight excluding hydrogens is 308 g/mol. The monoisotopic (exact) mass is 343 g/mol. The number of amidine groups is 1. The Kier molecular flexibility index (Phi) is 11.5. The second kappa shape index (κ2) is 12.2. The molecule has 0 aromatic heterocycles. The lowest BCUT2D eigenvalue weighted by Crippen LogP contribution is -2.30. The standard InChI is InChI=1S/C19H35F2N3/c1-7-9-13-17(12-8-2)24(6)18(23-16(3)22-5)14-10-11-15-19(4,20)21/h14,17H,5,7-13,15H2,1-4,6H3/b18-14-,23-16?. The van der Waals surface area contributed by atoms with Crippen LogP contribution in [0.5, 0.6) is 0 Å². The number of hydrogen-bond donors (Lipinski definition) is 0. The molecule has 1 unspecified atom stereocenters. The molecule has 0 amide bonds. The molecule has 0 heterocycles. The molecule has 140 valence electrons. The summed E-state index contributed by atoms with van der Waals surface area (Å²) < 4.78 is 25.9. The van der Waals surface area contributed by atoms with E-state index in [2.05, 4.69) is 35.4 Å². The molecule has 0 rings (SSSR count). The Morgan fingerprint density at radius 3 is 2.38 bits per heavy atom. The van der Waals surface area contributed by atoms with Gasteiger partial charge in [-0.15, -0.1) is 0 Å². The second-order valence-electron chi connectivity index (χ2n) is 6.54. The molecule has 1 atom stereocenters. The maximum atomic E-state index is 13.0. The summed E-state index contributed by atoms with van der Waals surface area (Å²) in [5, 5.41) is 0. The maximum absolute atomic E-state index is 13.0. The smallest absolute Gasteiger partial charge is 0.245 e. The molecular formula is C19H35F2N3. The summed E-state index contributed by atoms with van der Waals surface area (Å²) in [5.74, 6) is -1.19. The zero-order valence-corrected chi connectivity index (χ0v) is 16.1. The number of alkyl halides is 2. The number of allylic oxidation sites excluding steroid dienone is 1. The molecule has 0 N–H and O–H groups in total. The first-order valence-electron chi connectivity index (χ1n) is 9.08. The van der Waals surface area contributed by atoms with E-state index in [4.69, 9.17) is 0 Å². The first kappa shape index (κ1) is 22.7. The van der Waals surface area contributed by atoms with Gasteiger partial charge in [-0.3, -0.25) is 0 Å². The van der Waals surface area contributed by atoms with Crippen LogP contribution in [0.25, 0.3) is 0 Å². The van der Waals surface area contributed by atoms with Crippen LogP contribution in [0.2, 0.25) is 0 Å². The minimum atomic E-state index is -2.60. The molecule has 0 fully saturated rings. The summed E-state index contributed by atoms with van der Waals surface area (Å²) in [6.45, 7) is 10.6. The van der Waals surface area contributed by atoms with Crippen molar-refractivity contribution in [3.8, 4) is 0 Å². The summed E-state index contributed by atoms with van der Waals surface area (Å²) in [6.07, 6.45) is 8.54. The zero-order chi connectivity index (χ0) is 18.6. The molecule has 0 saturated heterocycles. The molecule has 0 spiro atoms. The fraction of sp³-hybridized carbons (Fsp3) is 0.789. The van der Waals surface area contributed by atoms with Crippen LogP contribution < -0.4 is 0 Å². The summed E-state index contributed by atoms with van der Waals surface area (Å²) in [4.78, 5) is 10.6. The lowest BCUT2D eigenvalue weighted by molar-refractivity contribution is 0.0112. The Balaban J connectivity index is 5.10. The number of hydrogen-bond acceptors (Lipinski definition) is 2. The van der Waals surface area contributed by atoms with Gasteiger partial charge in [-0.2, -0.15) is 0 Å². The summed E-state index contributed by atoms with van der Waals surface area (Å²) >= 11 is 0. The number of halogens is 2. The van der Waals surface area contributed by atoms with Crippen molar-refractivity contribution in [3.05, 3.63) is 11.9 Å². The van der Waals surface area contributed by atoms with Crippen molar-refractivity contribution in [2.24, 2.45) is 9.98 Å². The molecule has 0 bridgehead atoms. The number of aliphatic imine (C=N–C) groups is 2. The van der Waals surface area contributed by atoms with Crippen LogP contribution >= 0.6 is 0 Å². The van der Waals surface area contributed by atoms with Gasteiger partial charge in [0.1, 0.15) is 11.7 Å². The Morgan fingerprint density at radius 2 is 1.88 bits per heavy atom. The van der Waals surface area contributed by atoms with Gasteiger partial charge in [0, 0.05) is 19.5 Å². The molecule has 0 aliphatic heterocycles. The topological polar surface area (TPSA) is 28.0 Å². The third-order valence-electron chi connectivity index (χ3n) is 4.07. The van der Waals surface area contributed by atoms with Crippen molar-refractivity contribution in [2.45, 2.75) is 91.0 Å². The van der Waals surface area contributed by atoms with Crippen LogP contribution in [0.1, 0.15) is 79.1 Å². The van der Waals surface area contributed by atoms with Crippen molar-refractivity contribution in [1.29, 1.82) is 0 Å². The summed E-state index contributed by atoms with van der Waals surface area (Å²) in [5.41, 5.74) is 0. The first-order valence-corrected chi connectivity index (χ1v) is 9.08. The Bertz CT molecular complexity index is 411. The predicted octanol–water partition coefficient (Wildman–Crippen LogP) is 6.06. The average molecular weight is 344 g/mol. The highest BCUT2D eigenvalue weighted by atomic mass is 19.3. The van der Waals surface area contributed by atoms with E-state index in [9.17, 15) is 8.78 Å². The summed E-state index contributed by atoms with van der Waals surface area (Å²) in [6, 6.07) is 0.412.